The van der Waals surface area contributed by atoms with Gasteiger partial charge in [-0.25, -0.2) is 0 Å². The van der Waals surface area contributed by atoms with Gasteiger partial charge in [-0.05, 0) is 19.5 Å². The second-order valence-corrected chi connectivity index (χ2v) is 2.27. The SMILES string of the molecule is O=CNCCN1CCC1. The molecule has 1 aliphatic heterocycles. The molecule has 1 rings (SSSR count). The van der Waals surface area contributed by atoms with E-state index < -0.39 is 0 Å². The van der Waals surface area contributed by atoms with Gasteiger partial charge < -0.3 is 10.2 Å². The fourth-order valence-corrected chi connectivity index (χ4v) is 0.887. The summed E-state index contributed by atoms with van der Waals surface area (Å²) in [6.07, 6.45) is 2.07. The molecule has 52 valence electrons. The summed E-state index contributed by atoms with van der Waals surface area (Å²) in [6, 6.07) is 0. The first kappa shape index (κ1) is 6.55. The Hall–Kier alpha value is -0.570. The van der Waals surface area contributed by atoms with Crippen LogP contribution in [0.5, 0.6) is 0 Å². The average Bonchev–Trinajstić information content (AvgIpc) is 1.76. The third-order valence-corrected chi connectivity index (χ3v) is 1.60. The van der Waals surface area contributed by atoms with Crippen molar-refractivity contribution in [3.63, 3.8) is 0 Å². The normalized spacial score (nSPS) is 18.7. The molecule has 0 aromatic heterocycles. The molecule has 0 spiro atoms. The monoisotopic (exact) mass is 128 g/mol. The summed E-state index contributed by atoms with van der Waals surface area (Å²) in [4.78, 5) is 12.1. The highest BCUT2D eigenvalue weighted by Crippen LogP contribution is 2.02. The van der Waals surface area contributed by atoms with E-state index in [9.17, 15) is 4.79 Å². The molecule has 1 fully saturated rings. The third kappa shape index (κ3) is 2.01. The van der Waals surface area contributed by atoms with Crippen molar-refractivity contribution in [2.75, 3.05) is 26.2 Å². The van der Waals surface area contributed by atoms with Crippen LogP contribution in [0.3, 0.4) is 0 Å². The van der Waals surface area contributed by atoms with Crippen molar-refractivity contribution in [3.05, 3.63) is 0 Å². The molecular weight excluding hydrogens is 116 g/mol. The molecule has 3 heteroatoms. The van der Waals surface area contributed by atoms with Gasteiger partial charge in [-0.3, -0.25) is 4.79 Å². The third-order valence-electron chi connectivity index (χ3n) is 1.60. The maximum Gasteiger partial charge on any atom is 0.207 e. The van der Waals surface area contributed by atoms with Gasteiger partial charge in [0.15, 0.2) is 0 Å². The zero-order valence-electron chi connectivity index (χ0n) is 5.47. The molecule has 0 bridgehead atoms. The Balaban J connectivity index is 1.85. The van der Waals surface area contributed by atoms with Gasteiger partial charge in [0.25, 0.3) is 0 Å². The summed E-state index contributed by atoms with van der Waals surface area (Å²) >= 11 is 0. The lowest BCUT2D eigenvalue weighted by Gasteiger charge is -2.30. The fourth-order valence-electron chi connectivity index (χ4n) is 0.887. The molecule has 1 N–H and O–H groups in total. The summed E-state index contributed by atoms with van der Waals surface area (Å²) in [5.41, 5.74) is 0. The molecular formula is C6H12N2O. The van der Waals surface area contributed by atoms with Gasteiger partial charge >= 0.3 is 0 Å². The summed E-state index contributed by atoms with van der Waals surface area (Å²) in [5, 5.41) is 2.63. The van der Waals surface area contributed by atoms with Crippen LogP contribution >= 0.6 is 0 Å². The Morgan fingerprint density at radius 3 is 2.78 bits per heavy atom. The van der Waals surface area contributed by atoms with Crippen molar-refractivity contribution >= 4 is 6.41 Å². The van der Waals surface area contributed by atoms with Crippen LogP contribution in [0.1, 0.15) is 6.42 Å². The van der Waals surface area contributed by atoms with Crippen molar-refractivity contribution in [3.8, 4) is 0 Å². The summed E-state index contributed by atoms with van der Waals surface area (Å²) < 4.78 is 0. The maximum absolute atomic E-state index is 9.76. The highest BCUT2D eigenvalue weighted by atomic mass is 16.1. The molecule has 0 aromatic carbocycles. The standard InChI is InChI=1S/C6H12N2O/c9-6-7-2-5-8-3-1-4-8/h6H,1-5H2,(H,7,9). The largest absolute Gasteiger partial charge is 0.357 e. The first-order valence-electron chi connectivity index (χ1n) is 3.33. The second kappa shape index (κ2) is 3.45. The lowest BCUT2D eigenvalue weighted by Crippen LogP contribution is -2.41. The predicted octanol–water partition coefficient (Wildman–Crippen LogP) is -0.562. The molecule has 1 aliphatic rings. The minimum absolute atomic E-state index is 0.750. The Morgan fingerprint density at radius 1 is 1.56 bits per heavy atom. The highest BCUT2D eigenvalue weighted by Gasteiger charge is 2.11. The smallest absolute Gasteiger partial charge is 0.207 e. The van der Waals surface area contributed by atoms with Crippen LogP contribution in [-0.4, -0.2) is 37.5 Å². The molecule has 0 aliphatic carbocycles. The van der Waals surface area contributed by atoms with Crippen molar-refractivity contribution < 1.29 is 4.79 Å². The lowest BCUT2D eigenvalue weighted by atomic mass is 10.2. The van der Waals surface area contributed by atoms with Crippen LogP contribution in [0.2, 0.25) is 0 Å². The summed E-state index contributed by atoms with van der Waals surface area (Å²) in [6.45, 7) is 4.23. The zero-order valence-corrected chi connectivity index (χ0v) is 5.47. The van der Waals surface area contributed by atoms with Crippen LogP contribution in [0, 0.1) is 0 Å². The minimum atomic E-state index is 0.750. The molecule has 1 amide bonds. The fraction of sp³-hybridized carbons (Fsp3) is 0.833. The Bertz CT molecular complexity index is 91.1. The summed E-state index contributed by atoms with van der Waals surface area (Å²) in [5.74, 6) is 0. The molecule has 3 nitrogen and oxygen atoms in total. The number of hydrogen-bond acceptors (Lipinski definition) is 2. The van der Waals surface area contributed by atoms with E-state index in [0.29, 0.717) is 0 Å². The van der Waals surface area contributed by atoms with E-state index in [4.69, 9.17) is 0 Å². The highest BCUT2D eigenvalue weighted by molar-refractivity contribution is 5.45. The molecule has 9 heavy (non-hydrogen) atoms. The van der Waals surface area contributed by atoms with Crippen molar-refractivity contribution in [1.82, 2.24) is 10.2 Å². The number of carbonyl (C=O) groups is 1. The van der Waals surface area contributed by atoms with Gasteiger partial charge in [0.2, 0.25) is 6.41 Å². The molecule has 1 saturated heterocycles. The van der Waals surface area contributed by atoms with Gasteiger partial charge in [0, 0.05) is 13.1 Å². The Labute approximate surface area is 55.0 Å². The van der Waals surface area contributed by atoms with E-state index in [0.717, 1.165) is 19.5 Å². The first-order chi connectivity index (χ1) is 4.43. The van der Waals surface area contributed by atoms with Crippen molar-refractivity contribution in [1.29, 1.82) is 0 Å². The van der Waals surface area contributed by atoms with Gasteiger partial charge in [0.1, 0.15) is 0 Å². The second-order valence-electron chi connectivity index (χ2n) is 2.27. The van der Waals surface area contributed by atoms with Gasteiger partial charge in [0.05, 0.1) is 0 Å². The van der Waals surface area contributed by atoms with Gasteiger partial charge in [-0.2, -0.15) is 0 Å². The van der Waals surface area contributed by atoms with Crippen molar-refractivity contribution in [2.45, 2.75) is 6.42 Å². The molecule has 0 atom stereocenters. The number of amides is 1. The van der Waals surface area contributed by atoms with Crippen LogP contribution in [0.4, 0.5) is 0 Å². The number of likely N-dealkylation sites (tertiary alicyclic amines) is 1. The van der Waals surface area contributed by atoms with Crippen LogP contribution < -0.4 is 5.32 Å². The number of rotatable bonds is 4. The number of carbonyl (C=O) groups excluding carboxylic acids is 1. The first-order valence-corrected chi connectivity index (χ1v) is 3.33. The van der Waals surface area contributed by atoms with E-state index in [1.165, 1.54) is 19.5 Å². The molecule has 0 unspecified atom stereocenters. The molecule has 0 saturated carbocycles. The van der Waals surface area contributed by atoms with Crippen LogP contribution in [-0.2, 0) is 4.79 Å². The average molecular weight is 128 g/mol. The van der Waals surface area contributed by atoms with Crippen LogP contribution in [0.25, 0.3) is 0 Å². The maximum atomic E-state index is 9.76. The van der Waals surface area contributed by atoms with Gasteiger partial charge in [-0.1, -0.05) is 0 Å². The number of nitrogens with one attached hydrogen (secondary N) is 1. The van der Waals surface area contributed by atoms with Crippen molar-refractivity contribution in [2.24, 2.45) is 0 Å². The Morgan fingerprint density at radius 2 is 2.33 bits per heavy atom. The van der Waals surface area contributed by atoms with Gasteiger partial charge in [-0.15, -0.1) is 0 Å². The lowest BCUT2D eigenvalue weighted by molar-refractivity contribution is -0.109. The molecule has 1 heterocycles. The topological polar surface area (TPSA) is 32.3 Å². The molecule has 0 aromatic rings. The summed E-state index contributed by atoms with van der Waals surface area (Å²) in [7, 11) is 0. The minimum Gasteiger partial charge on any atom is -0.357 e. The number of hydrogen-bond donors (Lipinski definition) is 1. The predicted molar refractivity (Wildman–Crippen MR) is 35.1 cm³/mol. The van der Waals surface area contributed by atoms with E-state index in [1.807, 2.05) is 0 Å². The van der Waals surface area contributed by atoms with Crippen LogP contribution in [0.15, 0.2) is 0 Å². The quantitative estimate of drug-likeness (QED) is 0.406. The number of nitrogens with zero attached hydrogens (tertiary/aromatic N) is 1. The van der Waals surface area contributed by atoms with E-state index in [-0.39, 0.29) is 0 Å². The zero-order chi connectivity index (χ0) is 6.53. The van der Waals surface area contributed by atoms with E-state index in [1.54, 1.807) is 0 Å². The van der Waals surface area contributed by atoms with E-state index >= 15 is 0 Å². The Kier molecular flexibility index (Phi) is 2.51. The van der Waals surface area contributed by atoms with E-state index in [2.05, 4.69) is 10.2 Å². The molecule has 0 radical (unpaired) electrons.